The van der Waals surface area contributed by atoms with Gasteiger partial charge in [-0.3, -0.25) is 0 Å². The van der Waals surface area contributed by atoms with Crippen molar-refractivity contribution in [2.75, 3.05) is 7.05 Å². The lowest BCUT2D eigenvalue weighted by Crippen LogP contribution is -2.25. The molecule has 0 amide bonds. The third-order valence-corrected chi connectivity index (χ3v) is 4.63. The van der Waals surface area contributed by atoms with Gasteiger partial charge in [0.15, 0.2) is 0 Å². The molecule has 2 aliphatic rings. The van der Waals surface area contributed by atoms with Crippen LogP contribution in [-0.4, -0.2) is 11.9 Å². The molecule has 2 aromatic rings. The maximum Gasteiger partial charge on any atom is 0.125 e. The van der Waals surface area contributed by atoms with Crippen LogP contribution in [0, 0.1) is 0 Å². The number of rotatable bonds is 2. The number of nitrogens with one attached hydrogen (secondary N) is 1. The smallest absolute Gasteiger partial charge is 0.125 e. The lowest BCUT2D eigenvalue weighted by Gasteiger charge is -2.25. The normalized spacial score (nSPS) is 20.5. The zero-order chi connectivity index (χ0) is 14.9. The molecule has 0 bridgehead atoms. The summed E-state index contributed by atoms with van der Waals surface area (Å²) in [6.07, 6.45) is 4.78. The lowest BCUT2D eigenvalue weighted by molar-refractivity contribution is 0.310. The highest BCUT2D eigenvalue weighted by molar-refractivity contribution is 5.70. The number of benzene rings is 2. The maximum atomic E-state index is 3.69. The summed E-state index contributed by atoms with van der Waals surface area (Å²) in [4.78, 5) is 2.38. The summed E-state index contributed by atoms with van der Waals surface area (Å²) in [5.41, 5.74) is 6.78. The number of hydrogen-bond acceptors (Lipinski definition) is 2. The van der Waals surface area contributed by atoms with Gasteiger partial charge < -0.3 is 10.2 Å². The Hall–Kier alpha value is -2.48. The summed E-state index contributed by atoms with van der Waals surface area (Å²) in [6.45, 7) is 0. The van der Waals surface area contributed by atoms with Crippen LogP contribution in [0.3, 0.4) is 0 Å². The number of allylic oxidation sites excluding steroid dienone is 3. The van der Waals surface area contributed by atoms with Crippen molar-refractivity contribution >= 4 is 5.57 Å². The highest BCUT2D eigenvalue weighted by Gasteiger charge is 2.30. The molecule has 1 aliphatic heterocycles. The van der Waals surface area contributed by atoms with Crippen LogP contribution in [0.2, 0.25) is 0 Å². The van der Waals surface area contributed by atoms with Crippen LogP contribution in [-0.2, 0) is 0 Å². The van der Waals surface area contributed by atoms with Gasteiger partial charge in [0.2, 0.25) is 0 Å². The molecule has 1 aliphatic carbocycles. The van der Waals surface area contributed by atoms with Crippen molar-refractivity contribution in [3.8, 4) is 0 Å². The fraction of sp³-hybridized carbons (Fsp3) is 0.200. The summed E-state index contributed by atoms with van der Waals surface area (Å²) in [5.74, 6) is 0. The van der Waals surface area contributed by atoms with Gasteiger partial charge in [-0.15, -0.1) is 0 Å². The second kappa shape index (κ2) is 5.38. The van der Waals surface area contributed by atoms with E-state index in [1.54, 1.807) is 0 Å². The Morgan fingerprint density at radius 2 is 1.59 bits per heavy atom. The van der Waals surface area contributed by atoms with E-state index in [-0.39, 0.29) is 6.17 Å². The molecule has 110 valence electrons. The number of hydrogen-bond donors (Lipinski definition) is 1. The van der Waals surface area contributed by atoms with Gasteiger partial charge in [0, 0.05) is 12.7 Å². The molecule has 2 aromatic carbocycles. The second-order valence-corrected chi connectivity index (χ2v) is 5.96. The molecule has 22 heavy (non-hydrogen) atoms. The summed E-state index contributed by atoms with van der Waals surface area (Å²) in [6, 6.07) is 21.4. The van der Waals surface area contributed by atoms with E-state index in [2.05, 4.69) is 84.0 Å². The molecule has 4 rings (SSSR count). The zero-order valence-electron chi connectivity index (χ0n) is 12.8. The molecule has 0 saturated carbocycles. The molecule has 1 N–H and O–H groups in total. The van der Waals surface area contributed by atoms with E-state index in [4.69, 9.17) is 0 Å². The fourth-order valence-corrected chi connectivity index (χ4v) is 3.43. The first-order valence-electron chi connectivity index (χ1n) is 7.86. The molecule has 1 heterocycles. The summed E-state index contributed by atoms with van der Waals surface area (Å²) >= 11 is 0. The van der Waals surface area contributed by atoms with Gasteiger partial charge in [0.25, 0.3) is 0 Å². The molecule has 0 aromatic heterocycles. The first kappa shape index (κ1) is 13.2. The Kier molecular flexibility index (Phi) is 3.23. The van der Waals surface area contributed by atoms with E-state index in [0.29, 0.717) is 0 Å². The summed E-state index contributed by atoms with van der Waals surface area (Å²) in [7, 11) is 2.19. The van der Waals surface area contributed by atoms with Gasteiger partial charge >= 0.3 is 0 Å². The van der Waals surface area contributed by atoms with E-state index in [1.807, 2.05) is 0 Å². The highest BCUT2D eigenvalue weighted by Crippen LogP contribution is 2.38. The molecule has 0 radical (unpaired) electrons. The van der Waals surface area contributed by atoms with Crippen LogP contribution in [0.25, 0.3) is 5.57 Å². The van der Waals surface area contributed by atoms with Crippen molar-refractivity contribution in [1.29, 1.82) is 0 Å². The SMILES string of the molecule is CN1C2=C(C=C(c3ccccc3)CC2)NC1c1ccccc1. The zero-order valence-corrected chi connectivity index (χ0v) is 12.8. The third-order valence-electron chi connectivity index (χ3n) is 4.63. The Morgan fingerprint density at radius 3 is 2.32 bits per heavy atom. The second-order valence-electron chi connectivity index (χ2n) is 5.96. The number of nitrogens with zero attached hydrogens (tertiary/aromatic N) is 1. The van der Waals surface area contributed by atoms with Crippen molar-refractivity contribution in [2.45, 2.75) is 19.0 Å². The molecule has 0 fully saturated rings. The maximum absolute atomic E-state index is 3.69. The predicted molar refractivity (Wildman–Crippen MR) is 90.8 cm³/mol. The lowest BCUT2D eigenvalue weighted by atomic mass is 9.94. The molecule has 0 spiro atoms. The van der Waals surface area contributed by atoms with E-state index in [9.17, 15) is 0 Å². The highest BCUT2D eigenvalue weighted by atomic mass is 15.3. The fourth-order valence-electron chi connectivity index (χ4n) is 3.43. The van der Waals surface area contributed by atoms with Crippen molar-refractivity contribution in [3.63, 3.8) is 0 Å². The standard InChI is InChI=1S/C20H20N2/c1-22-19-13-12-17(15-8-4-2-5-9-15)14-18(19)21-20(22)16-10-6-3-7-11-16/h2-11,14,20-21H,12-13H2,1H3. The molecular weight excluding hydrogens is 268 g/mol. The minimum Gasteiger partial charge on any atom is -0.360 e. The van der Waals surface area contributed by atoms with Crippen molar-refractivity contribution in [2.24, 2.45) is 0 Å². The van der Waals surface area contributed by atoms with Crippen LogP contribution in [0.1, 0.15) is 30.1 Å². The summed E-state index contributed by atoms with van der Waals surface area (Å²) in [5, 5.41) is 3.69. The van der Waals surface area contributed by atoms with Crippen LogP contribution >= 0.6 is 0 Å². The van der Waals surface area contributed by atoms with Gasteiger partial charge in [0.05, 0.1) is 5.70 Å². The topological polar surface area (TPSA) is 15.3 Å². The average molecular weight is 288 g/mol. The third kappa shape index (κ3) is 2.21. The van der Waals surface area contributed by atoms with E-state index >= 15 is 0 Å². The first-order valence-corrected chi connectivity index (χ1v) is 7.86. The predicted octanol–water partition coefficient (Wildman–Crippen LogP) is 4.31. The van der Waals surface area contributed by atoms with E-state index in [0.717, 1.165) is 12.8 Å². The van der Waals surface area contributed by atoms with Crippen molar-refractivity contribution in [1.82, 2.24) is 10.2 Å². The Morgan fingerprint density at radius 1 is 0.909 bits per heavy atom. The summed E-state index contributed by atoms with van der Waals surface area (Å²) < 4.78 is 0. The average Bonchev–Trinajstić information content (AvgIpc) is 2.93. The van der Waals surface area contributed by atoms with Crippen molar-refractivity contribution < 1.29 is 0 Å². The van der Waals surface area contributed by atoms with Gasteiger partial charge in [-0.2, -0.15) is 0 Å². The molecule has 1 atom stereocenters. The van der Waals surface area contributed by atoms with Gasteiger partial charge in [-0.1, -0.05) is 60.7 Å². The quantitative estimate of drug-likeness (QED) is 0.886. The minimum absolute atomic E-state index is 0.248. The van der Waals surface area contributed by atoms with Crippen molar-refractivity contribution in [3.05, 3.63) is 89.3 Å². The van der Waals surface area contributed by atoms with Crippen LogP contribution in [0.4, 0.5) is 0 Å². The molecule has 2 nitrogen and oxygen atoms in total. The minimum atomic E-state index is 0.248. The van der Waals surface area contributed by atoms with Crippen LogP contribution in [0.5, 0.6) is 0 Å². The molecule has 1 unspecified atom stereocenters. The van der Waals surface area contributed by atoms with Gasteiger partial charge in [0.1, 0.15) is 6.17 Å². The molecular formula is C20H20N2. The Bertz CT molecular complexity index is 729. The molecule has 0 saturated heterocycles. The van der Waals surface area contributed by atoms with Gasteiger partial charge in [-0.05, 0) is 35.6 Å². The largest absolute Gasteiger partial charge is 0.360 e. The van der Waals surface area contributed by atoms with Crippen LogP contribution in [0.15, 0.2) is 78.1 Å². The Labute approximate surface area is 131 Å². The van der Waals surface area contributed by atoms with Gasteiger partial charge in [-0.25, -0.2) is 0 Å². The van der Waals surface area contributed by atoms with E-state index < -0.39 is 0 Å². The van der Waals surface area contributed by atoms with E-state index in [1.165, 1.54) is 28.1 Å². The van der Waals surface area contributed by atoms with Crippen LogP contribution < -0.4 is 5.32 Å². The Balaban J connectivity index is 1.64. The monoisotopic (exact) mass is 288 g/mol. The first-order chi connectivity index (χ1) is 10.8. The molecule has 2 heteroatoms.